The number of amides is 2. The summed E-state index contributed by atoms with van der Waals surface area (Å²) in [6.45, 7) is 4.77. The summed E-state index contributed by atoms with van der Waals surface area (Å²) in [5.41, 5.74) is -0.0209. The summed E-state index contributed by atoms with van der Waals surface area (Å²) in [6, 6.07) is 1.17. The van der Waals surface area contributed by atoms with Crippen molar-refractivity contribution in [1.82, 2.24) is 14.9 Å². The smallest absolute Gasteiger partial charge is 0.410 e. The number of fused-ring (bicyclic) bond motifs is 2. The predicted octanol–water partition coefficient (Wildman–Crippen LogP) is 1.84. The Morgan fingerprint density at radius 3 is 2.36 bits per heavy atom. The number of hydroxylamine groups is 2. The normalized spacial score (nSPS) is 34.8. The fourth-order valence-corrected chi connectivity index (χ4v) is 5.51. The van der Waals surface area contributed by atoms with E-state index in [1.807, 2.05) is 11.8 Å². The van der Waals surface area contributed by atoms with Crippen LogP contribution in [0.5, 0.6) is 0 Å². The molecule has 0 radical (unpaired) electrons. The average Bonchev–Trinajstić information content (AvgIpc) is 3.01. The van der Waals surface area contributed by atoms with Gasteiger partial charge in [-0.05, 0) is 58.5 Å². The van der Waals surface area contributed by atoms with Crippen molar-refractivity contribution in [3.05, 3.63) is 0 Å². The first-order valence-electron chi connectivity index (χ1n) is 9.70. The minimum Gasteiger partial charge on any atom is -0.450 e. The SMILES string of the molecule is CCOC(=O)N1[C@@H]2CC[C@H]1C[C@@H](N1CCC3(CC1)CC(=O)N(O)C3)C2. The van der Waals surface area contributed by atoms with Gasteiger partial charge < -0.3 is 14.5 Å². The Kier molecular flexibility index (Phi) is 4.40. The Balaban J connectivity index is 1.35. The summed E-state index contributed by atoms with van der Waals surface area (Å²) in [4.78, 5) is 28.4. The molecule has 2 bridgehead atoms. The monoisotopic (exact) mass is 351 g/mol. The van der Waals surface area contributed by atoms with Crippen LogP contribution in [0.3, 0.4) is 0 Å². The number of hydrogen-bond donors (Lipinski definition) is 1. The van der Waals surface area contributed by atoms with Crippen LogP contribution in [0.25, 0.3) is 0 Å². The fourth-order valence-electron chi connectivity index (χ4n) is 5.51. The van der Waals surface area contributed by atoms with Gasteiger partial charge in [-0.25, -0.2) is 9.86 Å². The summed E-state index contributed by atoms with van der Waals surface area (Å²) >= 11 is 0. The first kappa shape index (κ1) is 17.1. The summed E-state index contributed by atoms with van der Waals surface area (Å²) in [5.74, 6) is -0.130. The largest absolute Gasteiger partial charge is 0.450 e. The number of carbonyl (C=O) groups is 2. The molecule has 3 atom stereocenters. The zero-order valence-electron chi connectivity index (χ0n) is 15.0. The molecule has 0 aromatic heterocycles. The highest BCUT2D eigenvalue weighted by Gasteiger charge is 2.49. The van der Waals surface area contributed by atoms with Gasteiger partial charge in [-0.15, -0.1) is 0 Å². The number of piperidine rings is 2. The molecule has 0 saturated carbocycles. The Morgan fingerprint density at radius 2 is 1.84 bits per heavy atom. The third-order valence-electron chi connectivity index (χ3n) is 6.86. The lowest BCUT2D eigenvalue weighted by atomic mass is 9.77. The van der Waals surface area contributed by atoms with E-state index in [1.165, 1.54) is 0 Å². The van der Waals surface area contributed by atoms with Crippen molar-refractivity contribution < 1.29 is 19.5 Å². The third-order valence-corrected chi connectivity index (χ3v) is 6.86. The number of hydrogen-bond acceptors (Lipinski definition) is 5. The third kappa shape index (κ3) is 3.01. The molecule has 25 heavy (non-hydrogen) atoms. The highest BCUT2D eigenvalue weighted by Crippen LogP contribution is 2.43. The lowest BCUT2D eigenvalue weighted by molar-refractivity contribution is -0.158. The molecule has 1 spiro atoms. The maximum Gasteiger partial charge on any atom is 0.410 e. The molecular weight excluding hydrogens is 322 g/mol. The Hall–Kier alpha value is -1.34. The van der Waals surface area contributed by atoms with Gasteiger partial charge >= 0.3 is 6.09 Å². The number of nitrogens with zero attached hydrogens (tertiary/aromatic N) is 3. The number of ether oxygens (including phenoxy) is 1. The van der Waals surface area contributed by atoms with E-state index in [-0.39, 0.29) is 17.4 Å². The second-order valence-corrected chi connectivity index (χ2v) is 8.28. The van der Waals surface area contributed by atoms with E-state index in [9.17, 15) is 14.8 Å². The van der Waals surface area contributed by atoms with Gasteiger partial charge in [0.2, 0.25) is 5.91 Å². The van der Waals surface area contributed by atoms with Crippen molar-refractivity contribution in [2.75, 3.05) is 26.2 Å². The van der Waals surface area contributed by atoms with Crippen LogP contribution < -0.4 is 0 Å². The van der Waals surface area contributed by atoms with Crippen molar-refractivity contribution in [3.8, 4) is 0 Å². The standard InChI is InChI=1S/C18H29N3O4/c1-2-25-17(23)21-13-3-4-14(21)10-15(9-13)19-7-5-18(6-8-19)11-16(22)20(24)12-18/h13-15,24H,2-12H2,1H3/t13-,14+,15+. The van der Waals surface area contributed by atoms with Crippen LogP contribution in [0.4, 0.5) is 4.79 Å². The topological polar surface area (TPSA) is 73.3 Å². The molecule has 140 valence electrons. The predicted molar refractivity (Wildman–Crippen MR) is 90.0 cm³/mol. The quantitative estimate of drug-likeness (QED) is 0.769. The maximum absolute atomic E-state index is 12.2. The molecule has 4 aliphatic heterocycles. The van der Waals surface area contributed by atoms with Crippen molar-refractivity contribution >= 4 is 12.0 Å². The summed E-state index contributed by atoms with van der Waals surface area (Å²) in [6.07, 6.45) is 6.55. The fraction of sp³-hybridized carbons (Fsp3) is 0.889. The van der Waals surface area contributed by atoms with E-state index < -0.39 is 0 Å². The highest BCUT2D eigenvalue weighted by molar-refractivity contribution is 5.78. The molecule has 4 fully saturated rings. The van der Waals surface area contributed by atoms with Crippen LogP contribution in [0.2, 0.25) is 0 Å². The number of likely N-dealkylation sites (tertiary alicyclic amines) is 1. The Labute approximate surface area is 148 Å². The van der Waals surface area contributed by atoms with Crippen molar-refractivity contribution in [1.29, 1.82) is 0 Å². The first-order chi connectivity index (χ1) is 12.0. The van der Waals surface area contributed by atoms with Crippen molar-refractivity contribution in [2.45, 2.75) is 70.0 Å². The Morgan fingerprint density at radius 1 is 1.20 bits per heavy atom. The van der Waals surface area contributed by atoms with E-state index in [1.54, 1.807) is 0 Å². The summed E-state index contributed by atoms with van der Waals surface area (Å²) < 4.78 is 5.24. The molecule has 4 heterocycles. The summed E-state index contributed by atoms with van der Waals surface area (Å²) in [5, 5.41) is 10.6. The van der Waals surface area contributed by atoms with Gasteiger partial charge in [0.05, 0.1) is 13.2 Å². The van der Waals surface area contributed by atoms with E-state index in [2.05, 4.69) is 4.90 Å². The molecule has 4 aliphatic rings. The van der Waals surface area contributed by atoms with Gasteiger partial charge in [-0.1, -0.05) is 0 Å². The lowest BCUT2D eigenvalue weighted by Gasteiger charge is -2.46. The molecule has 4 rings (SSSR count). The summed E-state index contributed by atoms with van der Waals surface area (Å²) in [7, 11) is 0. The highest BCUT2D eigenvalue weighted by atomic mass is 16.6. The van der Waals surface area contributed by atoms with Crippen LogP contribution in [0.15, 0.2) is 0 Å². The van der Waals surface area contributed by atoms with Gasteiger partial charge in [0.1, 0.15) is 0 Å². The molecule has 7 nitrogen and oxygen atoms in total. The maximum atomic E-state index is 12.2. The first-order valence-corrected chi connectivity index (χ1v) is 9.70. The zero-order valence-corrected chi connectivity index (χ0v) is 15.0. The van der Waals surface area contributed by atoms with E-state index in [0.29, 0.717) is 37.7 Å². The average molecular weight is 351 g/mol. The van der Waals surface area contributed by atoms with Crippen molar-refractivity contribution in [2.24, 2.45) is 5.41 Å². The number of rotatable bonds is 2. The molecule has 1 N–H and O–H groups in total. The molecule has 0 aromatic carbocycles. The van der Waals surface area contributed by atoms with E-state index in [0.717, 1.165) is 56.7 Å². The molecule has 0 unspecified atom stereocenters. The lowest BCUT2D eigenvalue weighted by Crippen LogP contribution is -2.54. The molecule has 7 heteroatoms. The van der Waals surface area contributed by atoms with Crippen LogP contribution in [0.1, 0.15) is 51.9 Å². The van der Waals surface area contributed by atoms with Gasteiger partial charge in [-0.3, -0.25) is 10.0 Å². The van der Waals surface area contributed by atoms with E-state index in [4.69, 9.17) is 4.74 Å². The molecule has 2 amide bonds. The van der Waals surface area contributed by atoms with Crippen LogP contribution >= 0.6 is 0 Å². The Bertz CT molecular complexity index is 532. The second kappa shape index (κ2) is 6.43. The number of carbonyl (C=O) groups excluding carboxylic acids is 2. The van der Waals surface area contributed by atoms with Crippen LogP contribution in [-0.2, 0) is 9.53 Å². The molecule has 4 saturated heterocycles. The van der Waals surface area contributed by atoms with Gasteiger partial charge in [0.25, 0.3) is 0 Å². The minimum absolute atomic E-state index is 0.0209. The van der Waals surface area contributed by atoms with Crippen LogP contribution in [-0.4, -0.2) is 76.4 Å². The van der Waals surface area contributed by atoms with Crippen molar-refractivity contribution in [3.63, 3.8) is 0 Å². The van der Waals surface area contributed by atoms with Gasteiger partial charge in [0.15, 0.2) is 0 Å². The van der Waals surface area contributed by atoms with Gasteiger partial charge in [-0.2, -0.15) is 0 Å². The molecule has 0 aliphatic carbocycles. The zero-order chi connectivity index (χ0) is 17.6. The molecular formula is C18H29N3O4. The minimum atomic E-state index is -0.140. The molecule has 0 aromatic rings. The van der Waals surface area contributed by atoms with Crippen LogP contribution in [0, 0.1) is 5.41 Å². The van der Waals surface area contributed by atoms with Gasteiger partial charge in [0, 0.05) is 30.0 Å². The second-order valence-electron chi connectivity index (χ2n) is 8.28. The van der Waals surface area contributed by atoms with E-state index >= 15 is 0 Å².